The molecule has 2 heterocycles. The Morgan fingerprint density at radius 1 is 1.32 bits per heavy atom. The van der Waals surface area contributed by atoms with Gasteiger partial charge in [-0.1, -0.05) is 15.9 Å². The summed E-state index contributed by atoms with van der Waals surface area (Å²) in [5.74, 6) is 0.830. The van der Waals surface area contributed by atoms with Crippen LogP contribution in [0.4, 0.5) is 22.0 Å². The number of urea groups is 1. The van der Waals surface area contributed by atoms with Crippen molar-refractivity contribution in [2.24, 2.45) is 0 Å². The molecule has 0 spiro atoms. The number of pyridine rings is 1. The van der Waals surface area contributed by atoms with Gasteiger partial charge in [-0.05, 0) is 42.8 Å². The fourth-order valence-electron chi connectivity index (χ4n) is 2.49. The zero-order valence-electron chi connectivity index (χ0n) is 12.5. The van der Waals surface area contributed by atoms with Crippen LogP contribution in [0.3, 0.4) is 0 Å². The third-order valence-corrected chi connectivity index (χ3v) is 4.62. The first-order chi connectivity index (χ1) is 10.6. The molecule has 0 radical (unpaired) electrons. The van der Waals surface area contributed by atoms with Crippen LogP contribution in [-0.4, -0.2) is 31.2 Å². The molecule has 0 saturated heterocycles. The number of halogens is 1. The number of aromatic nitrogens is 1. The Bertz CT molecular complexity index is 719. The molecule has 1 aromatic carbocycles. The highest BCUT2D eigenvalue weighted by Gasteiger charge is 2.25. The summed E-state index contributed by atoms with van der Waals surface area (Å²) in [6.07, 6.45) is 1.74. The number of carbonyl (C=O) groups excluding carboxylic acids is 1. The summed E-state index contributed by atoms with van der Waals surface area (Å²) in [6.45, 7) is 3.39. The molecule has 2 aromatic rings. The van der Waals surface area contributed by atoms with Crippen LogP contribution in [-0.2, 0) is 0 Å². The fourth-order valence-corrected chi connectivity index (χ4v) is 2.74. The average molecular weight is 361 g/mol. The monoisotopic (exact) mass is 360 g/mol. The Kier molecular flexibility index (Phi) is 4.02. The molecule has 3 rings (SSSR count). The third kappa shape index (κ3) is 2.78. The largest absolute Gasteiger partial charge is 0.356 e. The summed E-state index contributed by atoms with van der Waals surface area (Å²) in [6, 6.07) is 9.40. The number of rotatable bonds is 1. The second-order valence-corrected chi connectivity index (χ2v) is 6.17. The van der Waals surface area contributed by atoms with E-state index in [0.717, 1.165) is 33.8 Å². The highest BCUT2D eigenvalue weighted by Crippen LogP contribution is 2.30. The maximum absolute atomic E-state index is 12.6. The number of likely N-dealkylation sites (N-methyl/N-ethyl adjacent to an activating group) is 1. The van der Waals surface area contributed by atoms with Gasteiger partial charge in [0.2, 0.25) is 0 Å². The number of carbonyl (C=O) groups is 1. The number of nitrogens with zero attached hydrogens (tertiary/aromatic N) is 3. The molecule has 6 heteroatoms. The molecule has 0 atom stereocenters. The molecule has 5 nitrogen and oxygen atoms in total. The van der Waals surface area contributed by atoms with E-state index in [0.29, 0.717) is 6.54 Å². The van der Waals surface area contributed by atoms with Gasteiger partial charge in [0, 0.05) is 36.5 Å². The number of fused-ring (bicyclic) bond motifs is 1. The van der Waals surface area contributed by atoms with E-state index in [1.807, 2.05) is 44.3 Å². The van der Waals surface area contributed by atoms with Crippen LogP contribution in [0.2, 0.25) is 0 Å². The van der Waals surface area contributed by atoms with E-state index in [9.17, 15) is 4.79 Å². The normalized spacial score (nSPS) is 13.8. The quantitative estimate of drug-likeness (QED) is 0.844. The van der Waals surface area contributed by atoms with E-state index in [2.05, 4.69) is 31.1 Å². The zero-order valence-corrected chi connectivity index (χ0v) is 14.1. The lowest BCUT2D eigenvalue weighted by Gasteiger charge is -2.34. The van der Waals surface area contributed by atoms with Gasteiger partial charge in [-0.3, -0.25) is 4.90 Å². The van der Waals surface area contributed by atoms with Crippen molar-refractivity contribution in [1.29, 1.82) is 0 Å². The highest BCUT2D eigenvalue weighted by molar-refractivity contribution is 9.10. The minimum absolute atomic E-state index is 0.135. The Morgan fingerprint density at radius 3 is 2.91 bits per heavy atom. The molecular formula is C16H17BrN4O. The number of anilines is 3. The van der Waals surface area contributed by atoms with Crippen LogP contribution in [0.1, 0.15) is 5.56 Å². The Balaban J connectivity index is 1.84. The maximum atomic E-state index is 12.6. The number of hydrogen-bond donors (Lipinski definition) is 1. The smallest absolute Gasteiger partial charge is 0.326 e. The summed E-state index contributed by atoms with van der Waals surface area (Å²) >= 11 is 3.46. The van der Waals surface area contributed by atoms with Gasteiger partial charge in [0.15, 0.2) is 5.82 Å². The topological polar surface area (TPSA) is 48.5 Å². The van der Waals surface area contributed by atoms with Crippen molar-refractivity contribution in [3.05, 3.63) is 46.6 Å². The van der Waals surface area contributed by atoms with Crippen LogP contribution in [0, 0.1) is 6.92 Å². The molecule has 1 N–H and O–H groups in total. The average Bonchev–Trinajstić information content (AvgIpc) is 2.51. The lowest BCUT2D eigenvalue weighted by molar-refractivity contribution is 0.257. The van der Waals surface area contributed by atoms with Crippen LogP contribution in [0.25, 0.3) is 0 Å². The van der Waals surface area contributed by atoms with Gasteiger partial charge < -0.3 is 10.2 Å². The van der Waals surface area contributed by atoms with Gasteiger partial charge >= 0.3 is 6.03 Å². The van der Waals surface area contributed by atoms with E-state index in [4.69, 9.17) is 0 Å². The molecule has 1 aromatic heterocycles. The first-order valence-corrected chi connectivity index (χ1v) is 7.86. The van der Waals surface area contributed by atoms with Crippen molar-refractivity contribution >= 4 is 39.2 Å². The van der Waals surface area contributed by atoms with Crippen LogP contribution in [0.5, 0.6) is 0 Å². The summed E-state index contributed by atoms with van der Waals surface area (Å²) in [4.78, 5) is 20.7. The van der Waals surface area contributed by atoms with E-state index < -0.39 is 0 Å². The maximum Gasteiger partial charge on any atom is 0.326 e. The van der Waals surface area contributed by atoms with Crippen molar-refractivity contribution in [1.82, 2.24) is 4.98 Å². The molecule has 0 fully saturated rings. The van der Waals surface area contributed by atoms with E-state index in [-0.39, 0.29) is 6.03 Å². The molecule has 0 bridgehead atoms. The van der Waals surface area contributed by atoms with Gasteiger partial charge in [-0.2, -0.15) is 0 Å². The molecule has 0 unspecified atom stereocenters. The molecule has 22 heavy (non-hydrogen) atoms. The molecule has 2 amide bonds. The van der Waals surface area contributed by atoms with E-state index in [1.54, 1.807) is 11.1 Å². The summed E-state index contributed by atoms with van der Waals surface area (Å²) in [5, 5.41) is 2.96. The number of aryl methyl sites for hydroxylation is 1. The van der Waals surface area contributed by atoms with Crippen LogP contribution in [0.15, 0.2) is 41.0 Å². The van der Waals surface area contributed by atoms with Crippen molar-refractivity contribution in [3.63, 3.8) is 0 Å². The molecule has 114 valence electrons. The Hall–Kier alpha value is -2.08. The standard InChI is InChI=1S/C16H17BrN4O/c1-11-10-12(5-6-13(11)17)19-16(22)21-9-8-20(2)15-14(21)4-3-7-18-15/h3-7,10H,8-9H2,1-2H3,(H,19,22). The minimum atomic E-state index is -0.135. The van der Waals surface area contributed by atoms with Crippen LogP contribution < -0.4 is 15.1 Å². The van der Waals surface area contributed by atoms with Gasteiger partial charge in [0.25, 0.3) is 0 Å². The zero-order chi connectivity index (χ0) is 15.7. The minimum Gasteiger partial charge on any atom is -0.356 e. The number of benzene rings is 1. The molecule has 0 saturated carbocycles. The Labute approximate surface area is 138 Å². The second kappa shape index (κ2) is 5.96. The molecule has 1 aliphatic heterocycles. The SMILES string of the molecule is Cc1cc(NC(=O)N2CCN(C)c3ncccc32)ccc1Br. The number of hydrogen-bond acceptors (Lipinski definition) is 3. The first-order valence-electron chi connectivity index (χ1n) is 7.07. The Morgan fingerprint density at radius 2 is 2.14 bits per heavy atom. The summed E-state index contributed by atoms with van der Waals surface area (Å²) < 4.78 is 1.03. The summed E-state index contributed by atoms with van der Waals surface area (Å²) in [7, 11) is 1.99. The van der Waals surface area contributed by atoms with Crippen molar-refractivity contribution in [2.45, 2.75) is 6.92 Å². The van der Waals surface area contributed by atoms with Crippen molar-refractivity contribution in [2.75, 3.05) is 35.3 Å². The van der Waals surface area contributed by atoms with E-state index >= 15 is 0 Å². The second-order valence-electron chi connectivity index (χ2n) is 5.31. The third-order valence-electron chi connectivity index (χ3n) is 3.73. The molecule has 0 aliphatic carbocycles. The van der Waals surface area contributed by atoms with Gasteiger partial charge in [0.05, 0.1) is 5.69 Å². The van der Waals surface area contributed by atoms with Gasteiger partial charge in [-0.25, -0.2) is 9.78 Å². The summed E-state index contributed by atoms with van der Waals surface area (Å²) in [5.41, 5.74) is 2.70. The number of amides is 2. The highest BCUT2D eigenvalue weighted by atomic mass is 79.9. The fraction of sp³-hybridized carbons (Fsp3) is 0.250. The number of nitrogens with one attached hydrogen (secondary N) is 1. The molecule has 1 aliphatic rings. The van der Waals surface area contributed by atoms with Crippen molar-refractivity contribution in [3.8, 4) is 0 Å². The molecular weight excluding hydrogens is 344 g/mol. The lowest BCUT2D eigenvalue weighted by atomic mass is 10.2. The van der Waals surface area contributed by atoms with Crippen LogP contribution >= 0.6 is 15.9 Å². The predicted molar refractivity (Wildman–Crippen MR) is 92.8 cm³/mol. The predicted octanol–water partition coefficient (Wildman–Crippen LogP) is 3.64. The van der Waals surface area contributed by atoms with Crippen molar-refractivity contribution < 1.29 is 4.79 Å². The lowest BCUT2D eigenvalue weighted by Crippen LogP contribution is -2.45. The van der Waals surface area contributed by atoms with Gasteiger partial charge in [0.1, 0.15) is 0 Å². The van der Waals surface area contributed by atoms with Gasteiger partial charge in [-0.15, -0.1) is 0 Å². The first kappa shape index (κ1) is 14.8. The van der Waals surface area contributed by atoms with E-state index in [1.165, 1.54) is 0 Å².